The minimum atomic E-state index is -0.762. The lowest BCUT2D eigenvalue weighted by Crippen LogP contribution is -2.34. The molecule has 106 valence electrons. The number of nitriles is 1. The predicted molar refractivity (Wildman–Crippen MR) is 76.9 cm³/mol. The third-order valence-corrected chi connectivity index (χ3v) is 2.76. The molecule has 1 aliphatic heterocycles. The van der Waals surface area contributed by atoms with Crippen molar-refractivity contribution in [1.82, 2.24) is 5.32 Å². The molecule has 5 nitrogen and oxygen atoms in total. The molecule has 1 saturated heterocycles. The summed E-state index contributed by atoms with van der Waals surface area (Å²) in [5, 5.41) is 11.2. The van der Waals surface area contributed by atoms with Gasteiger partial charge < -0.3 is 15.8 Å². The number of carbonyl (C=O) groups is 1. The summed E-state index contributed by atoms with van der Waals surface area (Å²) < 4.78 is 5.82. The van der Waals surface area contributed by atoms with E-state index in [0.29, 0.717) is 6.10 Å². The smallest absolute Gasteiger partial charge is 0.258 e. The Labute approximate surface area is 119 Å². The van der Waals surface area contributed by atoms with Crippen molar-refractivity contribution in [3.63, 3.8) is 0 Å². The van der Waals surface area contributed by atoms with Crippen LogP contribution in [0.1, 0.15) is 12.8 Å². The molecule has 0 aromatic heterocycles. The molecule has 0 unspecified atom stereocenters. The number of benzene rings is 1. The van der Waals surface area contributed by atoms with Crippen molar-refractivity contribution in [2.24, 2.45) is 5.73 Å². The highest BCUT2D eigenvalue weighted by molar-refractivity contribution is 5.95. The number of nitrogens with two attached hydrogens (primary N) is 1. The van der Waals surface area contributed by atoms with Crippen molar-refractivity contribution in [1.29, 1.82) is 5.26 Å². The van der Waals surface area contributed by atoms with Gasteiger partial charge in [-0.15, -0.1) is 0 Å². The van der Waals surface area contributed by atoms with Gasteiger partial charge in [-0.05, 0) is 38.1 Å². The van der Waals surface area contributed by atoms with Gasteiger partial charge in [0.05, 0.1) is 0 Å². The standard InChI is InChI=1S/C11H15NO.C4H4N2O/c1-2-4-10(5-3-1)13-11-6-8-12-9-7-11;1-3(2-5)4(6)7/h1-5,11-12H,6-9H2;1H2,(H2,6,7). The maximum Gasteiger partial charge on any atom is 0.258 e. The summed E-state index contributed by atoms with van der Waals surface area (Å²) >= 11 is 0. The Morgan fingerprint density at radius 1 is 1.35 bits per heavy atom. The van der Waals surface area contributed by atoms with Crippen molar-refractivity contribution in [2.75, 3.05) is 13.1 Å². The van der Waals surface area contributed by atoms with Crippen LogP contribution in [0.2, 0.25) is 0 Å². The summed E-state index contributed by atoms with van der Waals surface area (Å²) in [6.45, 7) is 5.20. The lowest BCUT2D eigenvalue weighted by Gasteiger charge is -2.23. The van der Waals surface area contributed by atoms with Crippen molar-refractivity contribution in [3.05, 3.63) is 42.5 Å². The first kappa shape index (κ1) is 15.7. The first-order chi connectivity index (χ1) is 9.63. The number of piperidine rings is 1. The van der Waals surface area contributed by atoms with E-state index >= 15 is 0 Å². The largest absolute Gasteiger partial charge is 0.490 e. The van der Waals surface area contributed by atoms with Gasteiger partial charge in [-0.1, -0.05) is 24.8 Å². The summed E-state index contributed by atoms with van der Waals surface area (Å²) in [6, 6.07) is 11.6. The Morgan fingerprint density at radius 3 is 2.40 bits per heavy atom. The number of hydrogen-bond donors (Lipinski definition) is 2. The number of rotatable bonds is 3. The number of primary amides is 1. The molecular formula is C15H19N3O2. The van der Waals surface area contributed by atoms with Crippen molar-refractivity contribution >= 4 is 5.91 Å². The average molecular weight is 273 g/mol. The van der Waals surface area contributed by atoms with Gasteiger partial charge in [-0.2, -0.15) is 5.26 Å². The fraction of sp³-hybridized carbons (Fsp3) is 0.333. The SMILES string of the molecule is C=C(C#N)C(N)=O.c1ccc(OC2CCNCC2)cc1. The van der Waals surface area contributed by atoms with Gasteiger partial charge in [-0.3, -0.25) is 4.79 Å². The van der Waals surface area contributed by atoms with E-state index in [1.54, 1.807) is 0 Å². The number of carbonyl (C=O) groups excluding carboxylic acids is 1. The van der Waals surface area contributed by atoms with E-state index < -0.39 is 5.91 Å². The summed E-state index contributed by atoms with van der Waals surface area (Å²) in [6.07, 6.45) is 2.65. The Balaban J connectivity index is 0.000000246. The second kappa shape index (κ2) is 8.73. The van der Waals surface area contributed by atoms with Crippen LogP contribution < -0.4 is 15.8 Å². The quantitative estimate of drug-likeness (QED) is 0.643. The molecule has 3 N–H and O–H groups in total. The molecule has 1 heterocycles. The molecule has 0 saturated carbocycles. The topological polar surface area (TPSA) is 88.1 Å². The van der Waals surface area contributed by atoms with Gasteiger partial charge in [-0.25, -0.2) is 0 Å². The lowest BCUT2D eigenvalue weighted by atomic mass is 10.1. The van der Waals surface area contributed by atoms with E-state index in [1.807, 2.05) is 30.3 Å². The number of amides is 1. The van der Waals surface area contributed by atoms with Crippen LogP contribution in [0, 0.1) is 11.3 Å². The monoisotopic (exact) mass is 273 g/mol. The van der Waals surface area contributed by atoms with E-state index in [2.05, 4.69) is 17.6 Å². The molecule has 20 heavy (non-hydrogen) atoms. The van der Waals surface area contributed by atoms with Gasteiger partial charge in [0.15, 0.2) is 0 Å². The molecule has 1 aliphatic rings. The Morgan fingerprint density at radius 2 is 1.95 bits per heavy atom. The molecule has 1 amide bonds. The van der Waals surface area contributed by atoms with E-state index in [4.69, 9.17) is 10.00 Å². The molecule has 2 rings (SSSR count). The molecule has 0 aliphatic carbocycles. The lowest BCUT2D eigenvalue weighted by molar-refractivity contribution is -0.114. The van der Waals surface area contributed by atoms with Crippen LogP contribution in [0.3, 0.4) is 0 Å². The Bertz CT molecular complexity index is 474. The maximum atomic E-state index is 9.83. The molecule has 0 spiro atoms. The van der Waals surface area contributed by atoms with E-state index in [-0.39, 0.29) is 5.57 Å². The highest BCUT2D eigenvalue weighted by atomic mass is 16.5. The number of nitrogens with one attached hydrogen (secondary N) is 1. The second-order valence-electron chi connectivity index (χ2n) is 4.33. The zero-order chi connectivity index (χ0) is 14.8. The fourth-order valence-electron chi connectivity index (χ4n) is 1.66. The van der Waals surface area contributed by atoms with Crippen LogP contribution in [-0.2, 0) is 4.79 Å². The Kier molecular flexibility index (Phi) is 6.87. The molecule has 0 bridgehead atoms. The first-order valence-corrected chi connectivity index (χ1v) is 6.44. The zero-order valence-electron chi connectivity index (χ0n) is 11.3. The summed E-state index contributed by atoms with van der Waals surface area (Å²) in [5.41, 5.74) is 4.38. The van der Waals surface area contributed by atoms with Gasteiger partial charge >= 0.3 is 0 Å². The van der Waals surface area contributed by atoms with Crippen LogP contribution in [0.15, 0.2) is 42.5 Å². The number of para-hydroxylation sites is 1. The minimum Gasteiger partial charge on any atom is -0.490 e. The van der Waals surface area contributed by atoms with Crippen LogP contribution in [0.5, 0.6) is 5.75 Å². The van der Waals surface area contributed by atoms with Crippen LogP contribution in [0.25, 0.3) is 0 Å². The number of nitrogens with zero attached hydrogens (tertiary/aromatic N) is 1. The molecule has 5 heteroatoms. The first-order valence-electron chi connectivity index (χ1n) is 6.44. The molecule has 1 fully saturated rings. The van der Waals surface area contributed by atoms with Crippen molar-refractivity contribution < 1.29 is 9.53 Å². The summed E-state index contributed by atoms with van der Waals surface area (Å²) in [4.78, 5) is 9.83. The summed E-state index contributed by atoms with van der Waals surface area (Å²) in [5.74, 6) is 0.233. The van der Waals surface area contributed by atoms with Crippen LogP contribution in [-0.4, -0.2) is 25.1 Å². The highest BCUT2D eigenvalue weighted by Gasteiger charge is 2.13. The van der Waals surface area contributed by atoms with E-state index in [0.717, 1.165) is 31.7 Å². The van der Waals surface area contributed by atoms with Crippen molar-refractivity contribution in [2.45, 2.75) is 18.9 Å². The van der Waals surface area contributed by atoms with E-state index in [1.165, 1.54) is 6.07 Å². The van der Waals surface area contributed by atoms with Gasteiger partial charge in [0.1, 0.15) is 23.5 Å². The molecule has 0 atom stereocenters. The number of hydrogen-bond acceptors (Lipinski definition) is 4. The van der Waals surface area contributed by atoms with E-state index in [9.17, 15) is 4.79 Å². The second-order valence-corrected chi connectivity index (χ2v) is 4.33. The maximum absolute atomic E-state index is 9.83. The van der Waals surface area contributed by atoms with Gasteiger partial charge in [0.25, 0.3) is 5.91 Å². The van der Waals surface area contributed by atoms with Gasteiger partial charge in [0.2, 0.25) is 0 Å². The highest BCUT2D eigenvalue weighted by Crippen LogP contribution is 2.15. The fourth-order valence-corrected chi connectivity index (χ4v) is 1.66. The third-order valence-electron chi connectivity index (χ3n) is 2.76. The minimum absolute atomic E-state index is 0.208. The van der Waals surface area contributed by atoms with Crippen LogP contribution >= 0.6 is 0 Å². The molecule has 1 aromatic rings. The third kappa shape index (κ3) is 6.03. The van der Waals surface area contributed by atoms with Gasteiger partial charge in [0, 0.05) is 0 Å². The van der Waals surface area contributed by atoms with Crippen LogP contribution in [0.4, 0.5) is 0 Å². The summed E-state index contributed by atoms with van der Waals surface area (Å²) in [7, 11) is 0. The normalized spacial score (nSPS) is 14.3. The zero-order valence-corrected chi connectivity index (χ0v) is 11.3. The average Bonchev–Trinajstić information content (AvgIpc) is 2.49. The molecule has 0 radical (unpaired) electrons. The molecular weight excluding hydrogens is 254 g/mol. The number of ether oxygens (including phenoxy) is 1. The predicted octanol–water partition coefficient (Wildman–Crippen LogP) is 1.37. The molecule has 1 aromatic carbocycles. The Hall–Kier alpha value is -2.32. The van der Waals surface area contributed by atoms with Crippen molar-refractivity contribution in [3.8, 4) is 11.8 Å².